The normalized spacial score (nSPS) is 27.2. The summed E-state index contributed by atoms with van der Waals surface area (Å²) in [5.74, 6) is -2.12. The maximum absolute atomic E-state index is 13.3. The Balaban J connectivity index is 2.73. The second-order valence-corrected chi connectivity index (χ2v) is 6.39. The van der Waals surface area contributed by atoms with Crippen molar-refractivity contribution in [2.45, 2.75) is 31.4 Å². The van der Waals surface area contributed by atoms with Gasteiger partial charge in [0, 0.05) is 2.74 Å². The van der Waals surface area contributed by atoms with Crippen LogP contribution >= 0.6 is 11.6 Å². The Morgan fingerprint density at radius 1 is 1.70 bits per heavy atom. The molecular weight excluding hydrogens is 345 g/mol. The van der Waals surface area contributed by atoms with E-state index in [1.165, 1.54) is 6.92 Å². The van der Waals surface area contributed by atoms with Crippen molar-refractivity contribution in [2.75, 3.05) is 11.3 Å². The first kappa shape index (κ1) is 11.9. The van der Waals surface area contributed by atoms with E-state index in [0.29, 0.717) is 0 Å². The molecule has 0 bridgehead atoms. The van der Waals surface area contributed by atoms with Gasteiger partial charge in [0.05, 0.1) is 25.6 Å². The van der Waals surface area contributed by atoms with Crippen LogP contribution < -0.4 is 4.72 Å². The first-order chi connectivity index (χ1) is 12.8. The molecular formula is C15H17ClFNO4S. The molecule has 8 heteroatoms. The van der Waals surface area contributed by atoms with Crippen molar-refractivity contribution in [2.24, 2.45) is 0 Å². The van der Waals surface area contributed by atoms with Crippen LogP contribution in [-0.4, -0.2) is 26.2 Å². The molecule has 0 radical (unpaired) electrons. The van der Waals surface area contributed by atoms with Gasteiger partial charge in [0.15, 0.2) is 1.41 Å². The maximum atomic E-state index is 13.3. The summed E-state index contributed by atoms with van der Waals surface area (Å²) in [4.78, 5) is 12.3. The van der Waals surface area contributed by atoms with Crippen LogP contribution in [0.4, 0.5) is 10.1 Å². The Morgan fingerprint density at radius 2 is 2.43 bits per heavy atom. The van der Waals surface area contributed by atoms with Gasteiger partial charge >= 0.3 is 5.97 Å². The maximum Gasteiger partial charge on any atom is 0.335 e. The zero-order valence-electron chi connectivity index (χ0n) is 17.1. The fourth-order valence-electron chi connectivity index (χ4n) is 1.85. The number of hydrogen-bond donors (Lipinski definition) is 1. The minimum absolute atomic E-state index is 0.191. The molecule has 126 valence electrons. The Labute approximate surface area is 146 Å². The molecule has 1 aliphatic rings. The van der Waals surface area contributed by atoms with Gasteiger partial charge in [-0.15, -0.1) is 0 Å². The summed E-state index contributed by atoms with van der Waals surface area (Å²) < 4.78 is 84.7. The molecule has 1 aromatic rings. The van der Waals surface area contributed by atoms with Crippen molar-refractivity contribution in [3.05, 3.63) is 40.7 Å². The average Bonchev–Trinajstić information content (AvgIpc) is 2.58. The number of hydrogen-bond acceptors (Lipinski definition) is 4. The van der Waals surface area contributed by atoms with Crippen molar-refractivity contribution >= 4 is 33.3 Å². The number of nitrogens with one attached hydrogen (secondary N) is 1. The monoisotopic (exact) mass is 366 g/mol. The van der Waals surface area contributed by atoms with Crippen molar-refractivity contribution < 1.29 is 29.2 Å². The van der Waals surface area contributed by atoms with E-state index in [1.54, 1.807) is 0 Å². The molecule has 0 aliphatic heterocycles. The van der Waals surface area contributed by atoms with Crippen molar-refractivity contribution in [1.82, 2.24) is 0 Å². The van der Waals surface area contributed by atoms with Gasteiger partial charge in [-0.2, -0.15) is 0 Å². The number of anilines is 1. The molecule has 0 heterocycles. The molecule has 0 aromatic heterocycles. The van der Waals surface area contributed by atoms with E-state index in [1.807, 2.05) is 0 Å². The van der Waals surface area contributed by atoms with E-state index in [9.17, 15) is 17.6 Å². The van der Waals surface area contributed by atoms with E-state index in [-0.39, 0.29) is 17.7 Å². The highest BCUT2D eigenvalue weighted by Gasteiger charge is 2.35. The van der Waals surface area contributed by atoms with Crippen LogP contribution in [0.3, 0.4) is 0 Å². The fourth-order valence-corrected chi connectivity index (χ4v) is 3.32. The molecule has 0 spiro atoms. The lowest BCUT2D eigenvalue weighted by atomic mass is 9.99. The third-order valence-electron chi connectivity index (χ3n) is 2.81. The zero-order chi connectivity index (χ0) is 21.5. The van der Waals surface area contributed by atoms with Crippen molar-refractivity contribution in [1.29, 1.82) is 0 Å². The van der Waals surface area contributed by atoms with E-state index in [0.717, 1.165) is 18.2 Å². The van der Waals surface area contributed by atoms with Crippen LogP contribution in [0, 0.1) is 5.82 Å². The SMILES string of the molecule is [2H]C1=C(C(=O)OCC)[C@]([2H])(S(=O)(=O)N([2H])c2ccc(F)cc2Cl)C([2H])([2H])CC1. The first-order valence-corrected chi connectivity index (χ1v) is 8.49. The Morgan fingerprint density at radius 3 is 3.09 bits per heavy atom. The van der Waals surface area contributed by atoms with Gasteiger partial charge in [-0.05, 0) is 44.3 Å². The fraction of sp³-hybridized carbons (Fsp3) is 0.400. The molecule has 1 N–H and O–H groups in total. The number of halogens is 2. The van der Waals surface area contributed by atoms with E-state index in [2.05, 4.69) is 0 Å². The molecule has 1 aliphatic carbocycles. The highest BCUT2D eigenvalue weighted by atomic mass is 35.5. The second kappa shape index (κ2) is 7.31. The van der Waals surface area contributed by atoms with Gasteiger partial charge in [-0.3, -0.25) is 4.72 Å². The second-order valence-electron chi connectivity index (χ2n) is 4.44. The summed E-state index contributed by atoms with van der Waals surface area (Å²) in [6.45, 7) is 1.23. The zero-order valence-corrected chi connectivity index (χ0v) is 13.7. The molecule has 0 unspecified atom stereocenters. The van der Waals surface area contributed by atoms with Crippen LogP contribution in [0.25, 0.3) is 0 Å². The standard InChI is InChI=1S/C15H17ClFNO4S/c1-2-22-15(19)11-5-3-4-6-14(11)23(20,21)18-13-8-7-10(17)9-12(13)16/h5,7-9,14,18H,2-4,6H2,1H3/t14-/m1/s1/i5D,6D2,14D/hD. The smallest absolute Gasteiger partial charge is 0.335 e. The number of benzene rings is 1. The Kier molecular flexibility index (Phi) is 3.77. The molecule has 5 nitrogen and oxygen atoms in total. The summed E-state index contributed by atoms with van der Waals surface area (Å²) in [7, 11) is -5.30. The first-order valence-electron chi connectivity index (χ1n) is 9.12. The van der Waals surface area contributed by atoms with Gasteiger partial charge < -0.3 is 4.74 Å². The lowest BCUT2D eigenvalue weighted by molar-refractivity contribution is -0.138. The third-order valence-corrected chi connectivity index (χ3v) is 4.41. The molecule has 0 fully saturated rings. The van der Waals surface area contributed by atoms with Crippen LogP contribution in [0.2, 0.25) is 6.43 Å². The molecule has 0 saturated heterocycles. The molecule has 2 rings (SSSR count). The lowest BCUT2D eigenvalue weighted by Gasteiger charge is -2.24. The van der Waals surface area contributed by atoms with Crippen LogP contribution in [0.15, 0.2) is 29.8 Å². The molecule has 0 saturated carbocycles. The molecule has 23 heavy (non-hydrogen) atoms. The van der Waals surface area contributed by atoms with E-state index in [4.69, 9.17) is 23.2 Å². The highest BCUT2D eigenvalue weighted by Crippen LogP contribution is 2.30. The number of ether oxygens (including phenoxy) is 1. The van der Waals surface area contributed by atoms with Crippen LogP contribution in [-0.2, 0) is 19.6 Å². The minimum atomic E-state index is -5.30. The average molecular weight is 367 g/mol. The number of sulfonamides is 1. The summed E-state index contributed by atoms with van der Waals surface area (Å²) in [6.07, 6.45) is -3.65. The van der Waals surface area contributed by atoms with Gasteiger partial charge in [-0.1, -0.05) is 17.7 Å². The minimum Gasteiger partial charge on any atom is -0.463 e. The number of allylic oxidation sites excluding steroid dienone is 1. The third kappa shape index (κ3) is 4.23. The van der Waals surface area contributed by atoms with Crippen molar-refractivity contribution in [3.8, 4) is 0 Å². The Bertz CT molecular complexity index is 942. The number of carbonyl (C=O) groups excluding carboxylic acids is 1. The van der Waals surface area contributed by atoms with Crippen LogP contribution in [0.1, 0.15) is 31.6 Å². The van der Waals surface area contributed by atoms with Crippen molar-refractivity contribution in [3.63, 3.8) is 0 Å². The van der Waals surface area contributed by atoms with E-state index >= 15 is 0 Å². The van der Waals surface area contributed by atoms with Gasteiger partial charge in [0.25, 0.3) is 0 Å². The predicted molar refractivity (Wildman–Crippen MR) is 86.3 cm³/mol. The molecule has 0 amide bonds. The van der Waals surface area contributed by atoms with Crippen LogP contribution in [0.5, 0.6) is 0 Å². The van der Waals surface area contributed by atoms with Gasteiger partial charge in [0.2, 0.25) is 10.0 Å². The summed E-state index contributed by atoms with van der Waals surface area (Å²) in [5.41, 5.74) is -1.54. The molecule has 1 aromatic carbocycles. The highest BCUT2D eigenvalue weighted by molar-refractivity contribution is 7.93. The topological polar surface area (TPSA) is 72.5 Å². The van der Waals surface area contributed by atoms with E-state index < -0.39 is 62.2 Å². The van der Waals surface area contributed by atoms with Gasteiger partial charge in [0.1, 0.15) is 11.0 Å². The summed E-state index contributed by atoms with van der Waals surface area (Å²) in [6, 6.07) is 1.89. The lowest BCUT2D eigenvalue weighted by Crippen LogP contribution is -2.34. The number of esters is 1. The largest absolute Gasteiger partial charge is 0.463 e. The summed E-state index contributed by atoms with van der Waals surface area (Å²) >= 11 is 5.80. The van der Waals surface area contributed by atoms with Gasteiger partial charge in [-0.25, -0.2) is 17.6 Å². The number of rotatable bonds is 5. The Hall–Kier alpha value is -1.60. The number of carbonyl (C=O) groups is 1. The summed E-state index contributed by atoms with van der Waals surface area (Å²) in [5, 5.41) is -3.81. The quantitative estimate of drug-likeness (QED) is 0.812. The predicted octanol–water partition coefficient (Wildman–Crippen LogP) is 3.26. The molecule has 1 atom stereocenters.